The molecular formula is C14H10N3. The smallest absolute Gasteiger partial charge is 0.156 e. The summed E-state index contributed by atoms with van der Waals surface area (Å²) in [6, 6.07) is 16.0. The highest BCUT2D eigenvalue weighted by molar-refractivity contribution is 5.62. The SMILES string of the molecule is [c]1c[nH]c(-c2cccc(-c3ccccc3)n2)n1. The summed E-state index contributed by atoms with van der Waals surface area (Å²) in [5.74, 6) is 0.739. The summed E-state index contributed by atoms with van der Waals surface area (Å²) in [5, 5.41) is 0. The summed E-state index contributed by atoms with van der Waals surface area (Å²) in [5.41, 5.74) is 2.87. The fourth-order valence-corrected chi connectivity index (χ4v) is 1.70. The lowest BCUT2D eigenvalue weighted by Gasteiger charge is -2.02. The minimum absolute atomic E-state index is 0.739. The second kappa shape index (κ2) is 4.22. The molecule has 0 aliphatic carbocycles. The van der Waals surface area contributed by atoms with Gasteiger partial charge in [0.05, 0.1) is 5.69 Å². The van der Waals surface area contributed by atoms with Crippen molar-refractivity contribution in [3.8, 4) is 22.8 Å². The highest BCUT2D eigenvalue weighted by Crippen LogP contribution is 2.19. The lowest BCUT2D eigenvalue weighted by molar-refractivity contribution is 1.22. The van der Waals surface area contributed by atoms with Gasteiger partial charge in [0.25, 0.3) is 0 Å². The molecule has 0 unspecified atom stereocenters. The number of aromatic nitrogens is 3. The fraction of sp³-hybridized carbons (Fsp3) is 0. The lowest BCUT2D eigenvalue weighted by atomic mass is 10.1. The van der Waals surface area contributed by atoms with E-state index in [0.717, 1.165) is 22.8 Å². The Morgan fingerprint density at radius 1 is 0.882 bits per heavy atom. The number of hydrogen-bond acceptors (Lipinski definition) is 2. The predicted molar refractivity (Wildman–Crippen MR) is 66.1 cm³/mol. The quantitative estimate of drug-likeness (QED) is 0.721. The third-order valence-corrected chi connectivity index (χ3v) is 2.51. The third-order valence-electron chi connectivity index (χ3n) is 2.51. The van der Waals surface area contributed by atoms with Crippen molar-refractivity contribution in [1.82, 2.24) is 15.0 Å². The average molecular weight is 220 g/mol. The molecule has 0 aliphatic heterocycles. The largest absolute Gasteiger partial charge is 0.343 e. The van der Waals surface area contributed by atoms with E-state index in [0.29, 0.717) is 0 Å². The average Bonchev–Trinajstić information content (AvgIpc) is 2.94. The van der Waals surface area contributed by atoms with Crippen LogP contribution in [0.5, 0.6) is 0 Å². The Morgan fingerprint density at radius 3 is 2.47 bits per heavy atom. The van der Waals surface area contributed by atoms with Gasteiger partial charge < -0.3 is 4.98 Å². The molecule has 0 bridgehead atoms. The molecular weight excluding hydrogens is 210 g/mol. The van der Waals surface area contributed by atoms with Gasteiger partial charge in [-0.15, -0.1) is 0 Å². The van der Waals surface area contributed by atoms with E-state index >= 15 is 0 Å². The van der Waals surface area contributed by atoms with Crippen molar-refractivity contribution in [2.24, 2.45) is 0 Å². The maximum absolute atomic E-state index is 4.57. The zero-order valence-electron chi connectivity index (χ0n) is 9.09. The second-order valence-corrected chi connectivity index (χ2v) is 3.65. The molecule has 0 atom stereocenters. The fourth-order valence-electron chi connectivity index (χ4n) is 1.70. The highest BCUT2D eigenvalue weighted by atomic mass is 14.9. The highest BCUT2D eigenvalue weighted by Gasteiger charge is 2.04. The number of imidazole rings is 1. The molecule has 2 heterocycles. The Morgan fingerprint density at radius 2 is 1.71 bits per heavy atom. The van der Waals surface area contributed by atoms with Gasteiger partial charge in [-0.2, -0.15) is 0 Å². The van der Waals surface area contributed by atoms with E-state index in [1.165, 1.54) is 0 Å². The lowest BCUT2D eigenvalue weighted by Crippen LogP contribution is -1.88. The Labute approximate surface area is 99.2 Å². The number of nitrogens with zero attached hydrogens (tertiary/aromatic N) is 2. The molecule has 0 aliphatic rings. The van der Waals surface area contributed by atoms with Gasteiger partial charge in [-0.25, -0.2) is 9.97 Å². The van der Waals surface area contributed by atoms with Crippen molar-refractivity contribution >= 4 is 0 Å². The van der Waals surface area contributed by atoms with E-state index in [1.807, 2.05) is 48.5 Å². The van der Waals surface area contributed by atoms with Crippen LogP contribution in [0, 0.1) is 6.20 Å². The molecule has 3 heteroatoms. The van der Waals surface area contributed by atoms with Crippen LogP contribution in [0.15, 0.2) is 54.7 Å². The molecule has 1 radical (unpaired) electrons. The molecule has 2 aromatic heterocycles. The van der Waals surface area contributed by atoms with E-state index in [-0.39, 0.29) is 0 Å². The third kappa shape index (κ3) is 1.95. The molecule has 3 aromatic rings. The molecule has 0 spiro atoms. The molecule has 17 heavy (non-hydrogen) atoms. The topological polar surface area (TPSA) is 41.6 Å². The maximum atomic E-state index is 4.57. The van der Waals surface area contributed by atoms with Crippen LogP contribution in [-0.4, -0.2) is 15.0 Å². The van der Waals surface area contributed by atoms with Gasteiger partial charge >= 0.3 is 0 Å². The number of hydrogen-bond donors (Lipinski definition) is 1. The van der Waals surface area contributed by atoms with Crippen LogP contribution < -0.4 is 0 Å². The Bertz CT molecular complexity index is 600. The van der Waals surface area contributed by atoms with E-state index in [2.05, 4.69) is 21.1 Å². The van der Waals surface area contributed by atoms with Crippen molar-refractivity contribution < 1.29 is 0 Å². The first-order valence-electron chi connectivity index (χ1n) is 5.38. The van der Waals surface area contributed by atoms with Crippen molar-refractivity contribution in [1.29, 1.82) is 0 Å². The van der Waals surface area contributed by atoms with Gasteiger partial charge in [0, 0.05) is 11.8 Å². The molecule has 0 saturated heterocycles. The molecule has 1 N–H and O–H groups in total. The first-order valence-corrected chi connectivity index (χ1v) is 5.38. The second-order valence-electron chi connectivity index (χ2n) is 3.65. The van der Waals surface area contributed by atoms with Crippen molar-refractivity contribution in [2.75, 3.05) is 0 Å². The molecule has 0 saturated carbocycles. The Balaban J connectivity index is 2.06. The van der Waals surface area contributed by atoms with Crippen LogP contribution in [0.4, 0.5) is 0 Å². The summed E-state index contributed by atoms with van der Waals surface area (Å²) in [7, 11) is 0. The zero-order chi connectivity index (χ0) is 11.5. The number of pyridine rings is 1. The van der Waals surface area contributed by atoms with E-state index in [4.69, 9.17) is 0 Å². The van der Waals surface area contributed by atoms with Crippen molar-refractivity contribution in [3.63, 3.8) is 0 Å². The molecule has 81 valence electrons. The van der Waals surface area contributed by atoms with Crippen molar-refractivity contribution in [2.45, 2.75) is 0 Å². The number of aromatic amines is 1. The van der Waals surface area contributed by atoms with Crippen LogP contribution in [0.2, 0.25) is 0 Å². The number of H-pyrrole nitrogens is 1. The molecule has 3 rings (SSSR count). The van der Waals surface area contributed by atoms with Gasteiger partial charge in [-0.05, 0) is 12.1 Å². The summed E-state index contributed by atoms with van der Waals surface area (Å²) in [6.45, 7) is 0. The first kappa shape index (κ1) is 9.78. The van der Waals surface area contributed by atoms with Crippen LogP contribution in [0.3, 0.4) is 0 Å². The van der Waals surface area contributed by atoms with Gasteiger partial charge in [0.2, 0.25) is 0 Å². The molecule has 1 aromatic carbocycles. The minimum Gasteiger partial charge on any atom is -0.343 e. The van der Waals surface area contributed by atoms with E-state index in [1.54, 1.807) is 6.20 Å². The van der Waals surface area contributed by atoms with Crippen LogP contribution in [0.1, 0.15) is 0 Å². The Hall–Kier alpha value is -2.42. The molecule has 3 nitrogen and oxygen atoms in total. The number of nitrogens with one attached hydrogen (secondary N) is 1. The Kier molecular flexibility index (Phi) is 2.43. The number of rotatable bonds is 2. The normalized spacial score (nSPS) is 10.4. The zero-order valence-corrected chi connectivity index (χ0v) is 9.09. The first-order chi connectivity index (χ1) is 8.43. The van der Waals surface area contributed by atoms with E-state index < -0.39 is 0 Å². The molecule has 0 fully saturated rings. The summed E-state index contributed by atoms with van der Waals surface area (Å²) < 4.78 is 0. The minimum atomic E-state index is 0.739. The van der Waals surface area contributed by atoms with E-state index in [9.17, 15) is 0 Å². The summed E-state index contributed by atoms with van der Waals surface area (Å²) in [4.78, 5) is 11.7. The standard InChI is InChI=1S/C14H10N3/c1-2-5-11(6-3-1)12-7-4-8-13(17-12)14-15-9-10-16-14/h1-9H,(H,15,16). The van der Waals surface area contributed by atoms with Crippen LogP contribution in [-0.2, 0) is 0 Å². The molecule has 0 amide bonds. The van der Waals surface area contributed by atoms with Gasteiger partial charge in [-0.1, -0.05) is 36.4 Å². The van der Waals surface area contributed by atoms with Gasteiger partial charge in [0.1, 0.15) is 11.9 Å². The van der Waals surface area contributed by atoms with Crippen LogP contribution in [0.25, 0.3) is 22.8 Å². The maximum Gasteiger partial charge on any atom is 0.156 e. The monoisotopic (exact) mass is 220 g/mol. The summed E-state index contributed by atoms with van der Waals surface area (Å²) in [6.07, 6.45) is 4.41. The predicted octanol–water partition coefficient (Wildman–Crippen LogP) is 2.94. The number of benzene rings is 1. The van der Waals surface area contributed by atoms with Gasteiger partial charge in [-0.3, -0.25) is 0 Å². The summed E-state index contributed by atoms with van der Waals surface area (Å²) >= 11 is 0. The van der Waals surface area contributed by atoms with Crippen molar-refractivity contribution in [3.05, 3.63) is 60.9 Å². The van der Waals surface area contributed by atoms with Gasteiger partial charge in [0.15, 0.2) is 5.82 Å². The van der Waals surface area contributed by atoms with Crippen LogP contribution >= 0.6 is 0 Å².